The van der Waals surface area contributed by atoms with Gasteiger partial charge in [-0.1, -0.05) is 28.1 Å². The molecule has 1 aromatic carbocycles. The van der Waals surface area contributed by atoms with Crippen molar-refractivity contribution >= 4 is 21.7 Å². The van der Waals surface area contributed by atoms with Crippen molar-refractivity contribution in [1.82, 2.24) is 4.98 Å². The van der Waals surface area contributed by atoms with Gasteiger partial charge in [0.15, 0.2) is 0 Å². The molecule has 0 radical (unpaired) electrons. The molecule has 3 nitrogen and oxygen atoms in total. The van der Waals surface area contributed by atoms with Gasteiger partial charge in [-0.15, -0.1) is 0 Å². The molecular formula is C12H11BrN2O. The highest BCUT2D eigenvalue weighted by Gasteiger charge is 1.99. The van der Waals surface area contributed by atoms with Gasteiger partial charge in [-0.05, 0) is 24.3 Å². The Morgan fingerprint density at radius 1 is 1.19 bits per heavy atom. The SMILES string of the molecule is CNc1cccc(Oc2cccc(Br)c2)n1. The van der Waals surface area contributed by atoms with Crippen LogP contribution < -0.4 is 10.1 Å². The monoisotopic (exact) mass is 278 g/mol. The molecule has 0 spiro atoms. The highest BCUT2D eigenvalue weighted by Crippen LogP contribution is 2.23. The van der Waals surface area contributed by atoms with Crippen LogP contribution in [0.2, 0.25) is 0 Å². The number of nitrogens with zero attached hydrogens (tertiary/aromatic N) is 1. The van der Waals surface area contributed by atoms with Crippen molar-refractivity contribution in [2.45, 2.75) is 0 Å². The first-order chi connectivity index (χ1) is 7.78. The maximum Gasteiger partial charge on any atom is 0.221 e. The summed E-state index contributed by atoms with van der Waals surface area (Å²) in [6, 6.07) is 13.2. The summed E-state index contributed by atoms with van der Waals surface area (Å²) in [6.45, 7) is 0. The zero-order valence-corrected chi connectivity index (χ0v) is 10.4. The first-order valence-corrected chi connectivity index (χ1v) is 5.65. The van der Waals surface area contributed by atoms with Crippen LogP contribution in [0.25, 0.3) is 0 Å². The lowest BCUT2D eigenvalue weighted by molar-refractivity contribution is 0.463. The van der Waals surface area contributed by atoms with Crippen LogP contribution in [0.5, 0.6) is 11.6 Å². The van der Waals surface area contributed by atoms with Crippen LogP contribution >= 0.6 is 15.9 Å². The van der Waals surface area contributed by atoms with Crippen LogP contribution in [0.1, 0.15) is 0 Å². The van der Waals surface area contributed by atoms with Crippen molar-refractivity contribution in [2.75, 3.05) is 12.4 Å². The lowest BCUT2D eigenvalue weighted by Crippen LogP contribution is -1.94. The molecule has 0 aliphatic rings. The van der Waals surface area contributed by atoms with Crippen LogP contribution in [0.4, 0.5) is 5.82 Å². The second kappa shape index (κ2) is 4.99. The third kappa shape index (κ3) is 2.73. The van der Waals surface area contributed by atoms with Crippen LogP contribution in [-0.4, -0.2) is 12.0 Å². The van der Waals surface area contributed by atoms with Gasteiger partial charge in [0.2, 0.25) is 5.88 Å². The molecule has 16 heavy (non-hydrogen) atoms. The Labute approximate surface area is 103 Å². The molecule has 0 aliphatic carbocycles. The summed E-state index contributed by atoms with van der Waals surface area (Å²) in [5.41, 5.74) is 0. The quantitative estimate of drug-likeness (QED) is 0.930. The highest BCUT2D eigenvalue weighted by atomic mass is 79.9. The van der Waals surface area contributed by atoms with E-state index < -0.39 is 0 Å². The molecule has 4 heteroatoms. The van der Waals surface area contributed by atoms with Crippen molar-refractivity contribution in [3.8, 4) is 11.6 Å². The Hall–Kier alpha value is -1.55. The van der Waals surface area contributed by atoms with E-state index in [0.717, 1.165) is 16.0 Å². The van der Waals surface area contributed by atoms with E-state index in [1.165, 1.54) is 0 Å². The number of anilines is 1. The fraction of sp³-hybridized carbons (Fsp3) is 0.0833. The van der Waals surface area contributed by atoms with E-state index in [2.05, 4.69) is 26.2 Å². The molecule has 0 amide bonds. The summed E-state index contributed by atoms with van der Waals surface area (Å²) in [4.78, 5) is 4.27. The van der Waals surface area contributed by atoms with E-state index in [-0.39, 0.29) is 0 Å². The van der Waals surface area contributed by atoms with E-state index in [1.54, 1.807) is 0 Å². The zero-order chi connectivity index (χ0) is 11.4. The lowest BCUT2D eigenvalue weighted by Gasteiger charge is -2.06. The molecule has 0 unspecified atom stereocenters. The van der Waals surface area contributed by atoms with Gasteiger partial charge in [-0.2, -0.15) is 4.98 Å². The molecule has 82 valence electrons. The molecule has 2 rings (SSSR count). The molecule has 0 saturated carbocycles. The lowest BCUT2D eigenvalue weighted by atomic mass is 10.3. The predicted octanol–water partition coefficient (Wildman–Crippen LogP) is 3.68. The molecular weight excluding hydrogens is 268 g/mol. The summed E-state index contributed by atoms with van der Waals surface area (Å²) >= 11 is 3.39. The van der Waals surface area contributed by atoms with Crippen LogP contribution in [0.15, 0.2) is 46.9 Å². The molecule has 2 aromatic rings. The number of aromatic nitrogens is 1. The topological polar surface area (TPSA) is 34.1 Å². The second-order valence-corrected chi connectivity index (χ2v) is 4.09. The number of hydrogen-bond acceptors (Lipinski definition) is 3. The van der Waals surface area contributed by atoms with E-state index in [0.29, 0.717) is 5.88 Å². The minimum Gasteiger partial charge on any atom is -0.439 e. The normalized spacial score (nSPS) is 9.88. The fourth-order valence-electron chi connectivity index (χ4n) is 1.26. The molecule has 0 bridgehead atoms. The van der Waals surface area contributed by atoms with Crippen LogP contribution in [-0.2, 0) is 0 Å². The van der Waals surface area contributed by atoms with Gasteiger partial charge >= 0.3 is 0 Å². The maximum absolute atomic E-state index is 5.62. The van der Waals surface area contributed by atoms with Crippen molar-refractivity contribution in [3.05, 3.63) is 46.9 Å². The van der Waals surface area contributed by atoms with E-state index in [9.17, 15) is 0 Å². The van der Waals surface area contributed by atoms with Gasteiger partial charge in [-0.3, -0.25) is 0 Å². The van der Waals surface area contributed by atoms with Crippen LogP contribution in [0.3, 0.4) is 0 Å². The van der Waals surface area contributed by atoms with E-state index in [1.807, 2.05) is 49.5 Å². The number of benzene rings is 1. The van der Waals surface area contributed by atoms with Gasteiger partial charge in [0.25, 0.3) is 0 Å². The third-order valence-electron chi connectivity index (χ3n) is 2.00. The Balaban J connectivity index is 2.20. The standard InChI is InChI=1S/C12H11BrN2O/c1-14-11-6-3-7-12(15-11)16-10-5-2-4-9(13)8-10/h2-8H,1H3,(H,14,15). The van der Waals surface area contributed by atoms with E-state index >= 15 is 0 Å². The minimum absolute atomic E-state index is 0.574. The summed E-state index contributed by atoms with van der Waals surface area (Å²) in [5, 5.41) is 2.96. The highest BCUT2D eigenvalue weighted by molar-refractivity contribution is 9.10. The number of nitrogens with one attached hydrogen (secondary N) is 1. The van der Waals surface area contributed by atoms with Gasteiger partial charge in [-0.25, -0.2) is 0 Å². The van der Waals surface area contributed by atoms with Crippen molar-refractivity contribution in [3.63, 3.8) is 0 Å². The molecule has 1 aromatic heterocycles. The number of ether oxygens (including phenoxy) is 1. The average Bonchev–Trinajstić information content (AvgIpc) is 2.29. The van der Waals surface area contributed by atoms with Gasteiger partial charge in [0.1, 0.15) is 11.6 Å². The molecule has 1 heterocycles. The van der Waals surface area contributed by atoms with Gasteiger partial charge in [0.05, 0.1) is 0 Å². The first kappa shape index (κ1) is 11.0. The Bertz CT molecular complexity index is 488. The average molecular weight is 279 g/mol. The van der Waals surface area contributed by atoms with E-state index in [4.69, 9.17) is 4.74 Å². The maximum atomic E-state index is 5.62. The Kier molecular flexibility index (Phi) is 3.41. The third-order valence-corrected chi connectivity index (χ3v) is 2.49. The largest absolute Gasteiger partial charge is 0.439 e. The molecule has 0 saturated heterocycles. The molecule has 0 fully saturated rings. The molecule has 0 aliphatic heterocycles. The second-order valence-electron chi connectivity index (χ2n) is 3.17. The van der Waals surface area contributed by atoms with Crippen molar-refractivity contribution < 1.29 is 4.74 Å². The minimum atomic E-state index is 0.574. The Morgan fingerprint density at radius 3 is 2.75 bits per heavy atom. The zero-order valence-electron chi connectivity index (χ0n) is 8.77. The summed E-state index contributed by atoms with van der Waals surface area (Å²) in [7, 11) is 1.82. The molecule has 0 atom stereocenters. The fourth-order valence-corrected chi connectivity index (χ4v) is 1.64. The number of halogens is 1. The first-order valence-electron chi connectivity index (χ1n) is 4.86. The predicted molar refractivity (Wildman–Crippen MR) is 68.0 cm³/mol. The number of hydrogen-bond donors (Lipinski definition) is 1. The summed E-state index contributed by atoms with van der Waals surface area (Å²) in [5.74, 6) is 2.12. The van der Waals surface area contributed by atoms with Gasteiger partial charge < -0.3 is 10.1 Å². The number of rotatable bonds is 3. The van der Waals surface area contributed by atoms with Crippen LogP contribution in [0, 0.1) is 0 Å². The van der Waals surface area contributed by atoms with Crippen molar-refractivity contribution in [2.24, 2.45) is 0 Å². The summed E-state index contributed by atoms with van der Waals surface area (Å²) in [6.07, 6.45) is 0. The Morgan fingerprint density at radius 2 is 2.00 bits per heavy atom. The smallest absolute Gasteiger partial charge is 0.221 e. The summed E-state index contributed by atoms with van der Waals surface area (Å²) < 4.78 is 6.60. The molecule has 1 N–H and O–H groups in total. The van der Waals surface area contributed by atoms with Gasteiger partial charge in [0, 0.05) is 17.6 Å². The number of pyridine rings is 1. The van der Waals surface area contributed by atoms with Crippen molar-refractivity contribution in [1.29, 1.82) is 0 Å².